The highest BCUT2D eigenvalue weighted by molar-refractivity contribution is 6.06. The highest BCUT2D eigenvalue weighted by Crippen LogP contribution is 2.09. The zero-order chi connectivity index (χ0) is 14.5. The number of hydrogen-bond acceptors (Lipinski definition) is 4. The number of hydrogen-bond donors (Lipinski definition) is 3. The van der Waals surface area contributed by atoms with Gasteiger partial charge in [0.15, 0.2) is 0 Å². The maximum Gasteiger partial charge on any atom is 0.371 e. The summed E-state index contributed by atoms with van der Waals surface area (Å²) in [6.45, 7) is 0. The van der Waals surface area contributed by atoms with Crippen LogP contribution in [0, 0.1) is 0 Å². The summed E-state index contributed by atoms with van der Waals surface area (Å²) in [6.07, 6.45) is 2.87. The second-order valence-electron chi connectivity index (χ2n) is 4.09. The van der Waals surface area contributed by atoms with E-state index in [1.54, 1.807) is 12.3 Å². The molecule has 0 saturated heterocycles. The average molecular weight is 272 g/mol. The molecule has 6 heteroatoms. The van der Waals surface area contributed by atoms with Crippen LogP contribution in [0.25, 0.3) is 0 Å². The molecule has 0 aromatic carbocycles. The molecule has 3 N–H and O–H groups in total. The number of carbonyl (C=O) groups is 2. The topological polar surface area (TPSA) is 103 Å². The van der Waals surface area contributed by atoms with Crippen LogP contribution >= 0.6 is 0 Å². The number of H-pyrrole nitrogens is 1. The molecule has 0 aliphatic rings. The van der Waals surface area contributed by atoms with Crippen molar-refractivity contribution in [3.8, 4) is 0 Å². The maximum absolute atomic E-state index is 11.7. The van der Waals surface area contributed by atoms with Gasteiger partial charge in [-0.15, -0.1) is 0 Å². The van der Waals surface area contributed by atoms with Crippen molar-refractivity contribution in [1.82, 2.24) is 9.97 Å². The Morgan fingerprint density at radius 2 is 2.00 bits per heavy atom. The third kappa shape index (κ3) is 3.32. The predicted octanol–water partition coefficient (Wildman–Crippen LogP) is 1.71. The number of ketones is 1. The SMILES string of the molecule is O=C(O)C(O)=CC(=O)c1ccc(Cc2ccccn2)[nH]1. The van der Waals surface area contributed by atoms with E-state index >= 15 is 0 Å². The van der Waals surface area contributed by atoms with Crippen LogP contribution in [0.15, 0.2) is 48.4 Å². The monoisotopic (exact) mass is 272 g/mol. The van der Waals surface area contributed by atoms with Gasteiger partial charge in [0, 0.05) is 30.1 Å². The second kappa shape index (κ2) is 5.83. The van der Waals surface area contributed by atoms with Crippen molar-refractivity contribution >= 4 is 11.8 Å². The van der Waals surface area contributed by atoms with Gasteiger partial charge in [-0.2, -0.15) is 0 Å². The summed E-state index contributed by atoms with van der Waals surface area (Å²) in [6, 6.07) is 8.79. The van der Waals surface area contributed by atoms with Crippen LogP contribution in [0.4, 0.5) is 0 Å². The molecule has 0 aliphatic carbocycles. The van der Waals surface area contributed by atoms with E-state index in [2.05, 4.69) is 9.97 Å². The highest BCUT2D eigenvalue weighted by Gasteiger charge is 2.11. The van der Waals surface area contributed by atoms with E-state index in [0.717, 1.165) is 11.4 Å². The van der Waals surface area contributed by atoms with Gasteiger partial charge in [0.2, 0.25) is 11.5 Å². The average Bonchev–Trinajstić information content (AvgIpc) is 2.88. The standard InChI is InChI=1S/C14H12N2O4/c17-12(8-13(18)14(19)20)11-5-4-10(16-11)7-9-3-1-2-6-15-9/h1-6,8,16,18H,7H2,(H,19,20). The van der Waals surface area contributed by atoms with E-state index in [0.29, 0.717) is 12.5 Å². The summed E-state index contributed by atoms with van der Waals surface area (Å²) >= 11 is 0. The molecular formula is C14H12N2O4. The molecule has 2 aromatic heterocycles. The fraction of sp³-hybridized carbons (Fsp3) is 0.0714. The Kier molecular flexibility index (Phi) is 3.95. The Hall–Kier alpha value is -2.89. The van der Waals surface area contributed by atoms with Crippen molar-refractivity contribution in [2.45, 2.75) is 6.42 Å². The molecule has 0 spiro atoms. The van der Waals surface area contributed by atoms with Crippen LogP contribution in [0.5, 0.6) is 0 Å². The number of aromatic amines is 1. The Morgan fingerprint density at radius 1 is 1.20 bits per heavy atom. The molecule has 0 aliphatic heterocycles. The van der Waals surface area contributed by atoms with Crippen molar-refractivity contribution in [3.63, 3.8) is 0 Å². The molecule has 6 nitrogen and oxygen atoms in total. The van der Waals surface area contributed by atoms with E-state index in [-0.39, 0.29) is 5.69 Å². The first-order valence-electron chi connectivity index (χ1n) is 5.82. The second-order valence-corrected chi connectivity index (χ2v) is 4.09. The Balaban J connectivity index is 2.11. The summed E-state index contributed by atoms with van der Waals surface area (Å²) in [7, 11) is 0. The van der Waals surface area contributed by atoms with Gasteiger partial charge in [0.25, 0.3) is 0 Å². The molecule has 2 aromatic rings. The fourth-order valence-electron chi connectivity index (χ4n) is 1.65. The van der Waals surface area contributed by atoms with Gasteiger partial charge in [-0.3, -0.25) is 9.78 Å². The predicted molar refractivity (Wildman–Crippen MR) is 70.5 cm³/mol. The van der Waals surface area contributed by atoms with Gasteiger partial charge in [0.1, 0.15) is 0 Å². The fourth-order valence-corrected chi connectivity index (χ4v) is 1.65. The summed E-state index contributed by atoms with van der Waals surface area (Å²) < 4.78 is 0. The van der Waals surface area contributed by atoms with Crippen molar-refractivity contribution in [1.29, 1.82) is 0 Å². The molecule has 2 rings (SSSR count). The number of aliphatic carboxylic acids is 1. The minimum absolute atomic E-state index is 0.212. The number of nitrogens with one attached hydrogen (secondary N) is 1. The van der Waals surface area contributed by atoms with E-state index < -0.39 is 17.5 Å². The van der Waals surface area contributed by atoms with Crippen LogP contribution in [-0.2, 0) is 11.2 Å². The third-order valence-corrected chi connectivity index (χ3v) is 2.60. The molecule has 102 valence electrons. The number of carboxylic acid groups (broad SMARTS) is 1. The quantitative estimate of drug-likeness (QED) is 0.436. The van der Waals surface area contributed by atoms with E-state index in [1.165, 1.54) is 6.07 Å². The number of aliphatic hydroxyl groups excluding tert-OH is 1. The van der Waals surface area contributed by atoms with Crippen LogP contribution < -0.4 is 0 Å². The van der Waals surface area contributed by atoms with Gasteiger partial charge >= 0.3 is 5.97 Å². The van der Waals surface area contributed by atoms with E-state index in [9.17, 15) is 9.59 Å². The molecular weight excluding hydrogens is 260 g/mol. The number of carboxylic acids is 1. The van der Waals surface area contributed by atoms with Crippen molar-refractivity contribution in [2.24, 2.45) is 0 Å². The summed E-state index contributed by atoms with van der Waals surface area (Å²) in [5, 5.41) is 17.5. The molecule has 0 radical (unpaired) electrons. The number of rotatable bonds is 5. The van der Waals surface area contributed by atoms with Gasteiger partial charge < -0.3 is 15.2 Å². The summed E-state index contributed by atoms with van der Waals surface area (Å²) in [5.74, 6) is -3.13. The van der Waals surface area contributed by atoms with Gasteiger partial charge in [-0.05, 0) is 24.3 Å². The van der Waals surface area contributed by atoms with Crippen LogP contribution in [0.2, 0.25) is 0 Å². The molecule has 0 fully saturated rings. The van der Waals surface area contributed by atoms with Crippen molar-refractivity contribution in [3.05, 3.63) is 65.4 Å². The van der Waals surface area contributed by atoms with Crippen LogP contribution in [0.3, 0.4) is 0 Å². The minimum atomic E-state index is -1.54. The Morgan fingerprint density at radius 3 is 2.65 bits per heavy atom. The van der Waals surface area contributed by atoms with E-state index in [4.69, 9.17) is 10.2 Å². The number of pyridine rings is 1. The number of nitrogens with zero attached hydrogens (tertiary/aromatic N) is 1. The summed E-state index contributed by atoms with van der Waals surface area (Å²) in [5.41, 5.74) is 1.83. The van der Waals surface area contributed by atoms with Gasteiger partial charge in [-0.25, -0.2) is 4.79 Å². The van der Waals surface area contributed by atoms with Crippen LogP contribution in [0.1, 0.15) is 21.9 Å². The largest absolute Gasteiger partial charge is 0.502 e. The lowest BCUT2D eigenvalue weighted by atomic mass is 10.2. The number of aromatic nitrogens is 2. The van der Waals surface area contributed by atoms with Gasteiger partial charge in [-0.1, -0.05) is 6.07 Å². The minimum Gasteiger partial charge on any atom is -0.502 e. The number of allylic oxidation sites excluding steroid dienone is 1. The molecule has 2 heterocycles. The van der Waals surface area contributed by atoms with Crippen LogP contribution in [-0.4, -0.2) is 31.9 Å². The first-order chi connectivity index (χ1) is 9.56. The van der Waals surface area contributed by atoms with E-state index in [1.807, 2.05) is 18.2 Å². The molecule has 0 saturated carbocycles. The maximum atomic E-state index is 11.7. The molecule has 20 heavy (non-hydrogen) atoms. The van der Waals surface area contributed by atoms with Crippen molar-refractivity contribution < 1.29 is 19.8 Å². The zero-order valence-corrected chi connectivity index (χ0v) is 10.4. The Labute approximate surface area is 114 Å². The zero-order valence-electron chi connectivity index (χ0n) is 10.4. The lowest BCUT2D eigenvalue weighted by Gasteiger charge is -1.97. The lowest BCUT2D eigenvalue weighted by Crippen LogP contribution is -2.04. The van der Waals surface area contributed by atoms with Gasteiger partial charge in [0.05, 0.1) is 5.69 Å². The molecule has 0 amide bonds. The first-order valence-corrected chi connectivity index (χ1v) is 5.82. The Bertz CT molecular complexity index is 659. The number of aliphatic hydroxyl groups is 1. The molecule has 0 unspecified atom stereocenters. The normalized spacial score (nSPS) is 11.3. The molecule has 0 bridgehead atoms. The highest BCUT2D eigenvalue weighted by atomic mass is 16.4. The summed E-state index contributed by atoms with van der Waals surface area (Å²) in [4.78, 5) is 29.1. The molecule has 0 atom stereocenters. The number of carbonyl (C=O) groups excluding carboxylic acids is 1. The lowest BCUT2D eigenvalue weighted by molar-refractivity contribution is -0.135. The first kappa shape index (κ1) is 13.5. The van der Waals surface area contributed by atoms with Crippen molar-refractivity contribution in [2.75, 3.05) is 0 Å². The smallest absolute Gasteiger partial charge is 0.371 e. The third-order valence-electron chi connectivity index (χ3n) is 2.60.